The lowest BCUT2D eigenvalue weighted by atomic mass is 10.2. The third kappa shape index (κ3) is 3.48. The van der Waals surface area contributed by atoms with E-state index in [0.717, 1.165) is 6.54 Å². The summed E-state index contributed by atoms with van der Waals surface area (Å²) >= 11 is 0. The number of hydrogen-bond acceptors (Lipinski definition) is 4. The van der Waals surface area contributed by atoms with E-state index in [0.29, 0.717) is 25.4 Å². The van der Waals surface area contributed by atoms with Crippen LogP contribution in [-0.2, 0) is 4.79 Å². The quantitative estimate of drug-likeness (QED) is 0.824. The molecule has 1 heterocycles. The fourth-order valence-electron chi connectivity index (χ4n) is 2.14. The maximum absolute atomic E-state index is 11.5. The summed E-state index contributed by atoms with van der Waals surface area (Å²) in [5.74, 6) is -0.417. The molecule has 1 saturated heterocycles. The van der Waals surface area contributed by atoms with Crippen molar-refractivity contribution in [1.29, 1.82) is 0 Å². The third-order valence-electron chi connectivity index (χ3n) is 3.35. The molecule has 0 spiro atoms. The summed E-state index contributed by atoms with van der Waals surface area (Å²) in [6.07, 6.45) is 0. The highest BCUT2D eigenvalue weighted by Crippen LogP contribution is 2.13. The molecule has 1 fully saturated rings. The van der Waals surface area contributed by atoms with E-state index in [-0.39, 0.29) is 17.5 Å². The van der Waals surface area contributed by atoms with Crippen molar-refractivity contribution in [2.24, 2.45) is 0 Å². The van der Waals surface area contributed by atoms with E-state index in [9.17, 15) is 9.59 Å². The van der Waals surface area contributed by atoms with Crippen LogP contribution >= 0.6 is 0 Å². The van der Waals surface area contributed by atoms with Crippen LogP contribution in [-0.4, -0.2) is 54.2 Å². The van der Waals surface area contributed by atoms with E-state index in [2.05, 4.69) is 5.32 Å². The molecule has 1 aromatic rings. The van der Waals surface area contributed by atoms with Gasteiger partial charge in [-0.25, -0.2) is 4.79 Å². The van der Waals surface area contributed by atoms with Gasteiger partial charge < -0.3 is 15.2 Å². The van der Waals surface area contributed by atoms with Gasteiger partial charge in [-0.3, -0.25) is 9.69 Å². The number of piperazine rings is 1. The number of nitrogens with zero attached hydrogens (tertiary/aromatic N) is 1. The number of nitrogens with one attached hydrogen (secondary N) is 1. The number of hydrogen-bond donors (Lipinski definition) is 2. The second-order valence-electron chi connectivity index (χ2n) is 4.68. The molecule has 6 nitrogen and oxygen atoms in total. The third-order valence-corrected chi connectivity index (χ3v) is 3.35. The number of carboxylic acids is 1. The van der Waals surface area contributed by atoms with Gasteiger partial charge in [0.25, 0.3) is 0 Å². The molecule has 1 atom stereocenters. The minimum atomic E-state index is -0.975. The fourth-order valence-corrected chi connectivity index (χ4v) is 2.14. The molecule has 0 aromatic heterocycles. The number of benzene rings is 1. The van der Waals surface area contributed by atoms with Gasteiger partial charge in [-0.15, -0.1) is 0 Å². The first kappa shape index (κ1) is 14.3. The predicted molar refractivity (Wildman–Crippen MR) is 72.9 cm³/mol. The molecule has 2 N–H and O–H groups in total. The SMILES string of the molecule is CC1C(=O)NCCN1CCOc1cccc(C(=O)O)c1. The van der Waals surface area contributed by atoms with Crippen molar-refractivity contribution in [2.45, 2.75) is 13.0 Å². The predicted octanol–water partition coefficient (Wildman–Crippen LogP) is 0.584. The molecule has 108 valence electrons. The van der Waals surface area contributed by atoms with E-state index in [1.165, 1.54) is 12.1 Å². The lowest BCUT2D eigenvalue weighted by Crippen LogP contribution is -2.54. The Morgan fingerprint density at radius 1 is 1.55 bits per heavy atom. The van der Waals surface area contributed by atoms with Crippen LogP contribution in [0.4, 0.5) is 0 Å². The average molecular weight is 278 g/mol. The zero-order valence-electron chi connectivity index (χ0n) is 11.3. The Morgan fingerprint density at radius 2 is 2.35 bits per heavy atom. The van der Waals surface area contributed by atoms with E-state index in [1.54, 1.807) is 12.1 Å². The van der Waals surface area contributed by atoms with Gasteiger partial charge in [-0.1, -0.05) is 6.07 Å². The Kier molecular flexibility index (Phi) is 4.57. The highest BCUT2D eigenvalue weighted by atomic mass is 16.5. The highest BCUT2D eigenvalue weighted by molar-refractivity contribution is 5.88. The lowest BCUT2D eigenvalue weighted by molar-refractivity contribution is -0.128. The molecule has 0 aliphatic carbocycles. The van der Waals surface area contributed by atoms with Crippen LogP contribution in [0.2, 0.25) is 0 Å². The summed E-state index contributed by atoms with van der Waals surface area (Å²) in [6, 6.07) is 6.23. The van der Waals surface area contributed by atoms with E-state index < -0.39 is 5.97 Å². The van der Waals surface area contributed by atoms with Gasteiger partial charge in [0, 0.05) is 19.6 Å². The monoisotopic (exact) mass is 278 g/mol. The molecule has 1 aliphatic heterocycles. The Morgan fingerprint density at radius 3 is 3.10 bits per heavy atom. The van der Waals surface area contributed by atoms with Gasteiger partial charge in [0.05, 0.1) is 11.6 Å². The number of amides is 1. The topological polar surface area (TPSA) is 78.9 Å². The van der Waals surface area contributed by atoms with Crippen molar-refractivity contribution < 1.29 is 19.4 Å². The summed E-state index contributed by atoms with van der Waals surface area (Å²) in [5, 5.41) is 11.7. The second kappa shape index (κ2) is 6.38. The summed E-state index contributed by atoms with van der Waals surface area (Å²) < 4.78 is 5.55. The van der Waals surface area contributed by atoms with Crippen molar-refractivity contribution >= 4 is 11.9 Å². The fraction of sp³-hybridized carbons (Fsp3) is 0.429. The molecular weight excluding hydrogens is 260 g/mol. The number of rotatable bonds is 5. The zero-order chi connectivity index (χ0) is 14.5. The Hall–Kier alpha value is -2.08. The Balaban J connectivity index is 1.85. The molecule has 1 aromatic carbocycles. The van der Waals surface area contributed by atoms with Gasteiger partial charge in [0.2, 0.25) is 5.91 Å². The van der Waals surface area contributed by atoms with Crippen molar-refractivity contribution in [3.63, 3.8) is 0 Å². The Labute approximate surface area is 117 Å². The number of carbonyl (C=O) groups excluding carboxylic acids is 1. The van der Waals surface area contributed by atoms with E-state index in [1.807, 2.05) is 11.8 Å². The Bertz CT molecular complexity index is 504. The number of ether oxygens (including phenoxy) is 1. The molecular formula is C14H18N2O4. The number of carbonyl (C=O) groups is 2. The smallest absolute Gasteiger partial charge is 0.335 e. The first-order chi connectivity index (χ1) is 9.58. The summed E-state index contributed by atoms with van der Waals surface area (Å²) in [5.41, 5.74) is 0.202. The molecule has 1 unspecified atom stereocenters. The molecule has 0 bridgehead atoms. The van der Waals surface area contributed by atoms with E-state index in [4.69, 9.17) is 9.84 Å². The number of carboxylic acid groups (broad SMARTS) is 1. The van der Waals surface area contributed by atoms with Gasteiger partial charge in [-0.05, 0) is 25.1 Å². The van der Waals surface area contributed by atoms with Crippen molar-refractivity contribution in [2.75, 3.05) is 26.2 Å². The maximum Gasteiger partial charge on any atom is 0.335 e. The van der Waals surface area contributed by atoms with Crippen molar-refractivity contribution in [3.8, 4) is 5.75 Å². The molecule has 2 rings (SSSR count). The molecule has 6 heteroatoms. The summed E-state index contributed by atoms with van der Waals surface area (Å²) in [4.78, 5) is 24.4. The first-order valence-corrected chi connectivity index (χ1v) is 6.56. The summed E-state index contributed by atoms with van der Waals surface area (Å²) in [6.45, 7) is 4.36. The van der Waals surface area contributed by atoms with Crippen LogP contribution in [0.1, 0.15) is 17.3 Å². The molecule has 1 amide bonds. The van der Waals surface area contributed by atoms with Gasteiger partial charge in [0.15, 0.2) is 0 Å². The van der Waals surface area contributed by atoms with Crippen LogP contribution in [0.5, 0.6) is 5.75 Å². The molecule has 0 saturated carbocycles. The van der Waals surface area contributed by atoms with Crippen LogP contribution in [0, 0.1) is 0 Å². The van der Waals surface area contributed by atoms with Crippen LogP contribution < -0.4 is 10.1 Å². The average Bonchev–Trinajstić information content (AvgIpc) is 2.44. The molecule has 20 heavy (non-hydrogen) atoms. The van der Waals surface area contributed by atoms with Crippen LogP contribution in [0.25, 0.3) is 0 Å². The van der Waals surface area contributed by atoms with Crippen molar-refractivity contribution in [1.82, 2.24) is 10.2 Å². The second-order valence-corrected chi connectivity index (χ2v) is 4.68. The molecule has 1 aliphatic rings. The maximum atomic E-state index is 11.5. The van der Waals surface area contributed by atoms with Crippen LogP contribution in [0.15, 0.2) is 24.3 Å². The zero-order valence-corrected chi connectivity index (χ0v) is 11.3. The highest BCUT2D eigenvalue weighted by Gasteiger charge is 2.24. The lowest BCUT2D eigenvalue weighted by Gasteiger charge is -2.32. The van der Waals surface area contributed by atoms with Crippen LogP contribution in [0.3, 0.4) is 0 Å². The van der Waals surface area contributed by atoms with Gasteiger partial charge in [-0.2, -0.15) is 0 Å². The number of aromatic carboxylic acids is 1. The largest absolute Gasteiger partial charge is 0.492 e. The minimum absolute atomic E-state index is 0.0316. The molecule has 0 radical (unpaired) electrons. The van der Waals surface area contributed by atoms with Crippen molar-refractivity contribution in [3.05, 3.63) is 29.8 Å². The van der Waals surface area contributed by atoms with E-state index >= 15 is 0 Å². The first-order valence-electron chi connectivity index (χ1n) is 6.56. The normalized spacial score (nSPS) is 19.4. The minimum Gasteiger partial charge on any atom is -0.492 e. The summed E-state index contributed by atoms with van der Waals surface area (Å²) in [7, 11) is 0. The van der Waals surface area contributed by atoms with Gasteiger partial charge >= 0.3 is 5.97 Å². The van der Waals surface area contributed by atoms with Gasteiger partial charge in [0.1, 0.15) is 12.4 Å². The standard InChI is InChI=1S/C14H18N2O4/c1-10-13(17)15-5-6-16(10)7-8-20-12-4-2-3-11(9-12)14(18)19/h2-4,9-10H,5-8H2,1H3,(H,15,17)(H,18,19).